The van der Waals surface area contributed by atoms with Crippen molar-refractivity contribution in [2.45, 2.75) is 13.3 Å². The minimum Gasteiger partial charge on any atom is -0.392 e. The van der Waals surface area contributed by atoms with Gasteiger partial charge >= 0.3 is 0 Å². The molecule has 0 aliphatic rings. The Hall–Kier alpha value is -1.16. The van der Waals surface area contributed by atoms with Crippen LogP contribution in [0.15, 0.2) is 69.6 Å². The molecule has 0 unspecified atom stereocenters. The fourth-order valence-corrected chi connectivity index (χ4v) is 2.12. The molecule has 0 aliphatic heterocycles. The molecule has 0 aromatic heterocycles. The van der Waals surface area contributed by atoms with Crippen LogP contribution in [0.4, 0.5) is 0 Å². The highest BCUT2D eigenvalue weighted by molar-refractivity contribution is 9.10. The molecule has 2 aromatic rings. The van der Waals surface area contributed by atoms with Crippen LogP contribution in [0.2, 0.25) is 0 Å². The first-order valence-electron chi connectivity index (χ1n) is 7.10. The number of rotatable bonds is 4. The van der Waals surface area contributed by atoms with Gasteiger partial charge in [-0.1, -0.05) is 87.4 Å². The monoisotopic (exact) mass is 422 g/mol. The molecule has 1 nitrogen and oxygen atoms in total. The third-order valence-corrected chi connectivity index (χ3v) is 3.76. The Morgan fingerprint density at radius 3 is 1.55 bits per heavy atom. The summed E-state index contributed by atoms with van der Waals surface area (Å²) in [5, 5.41) is 8.49. The molecule has 3 heteroatoms. The maximum absolute atomic E-state index is 8.49. The maximum Gasteiger partial charge on any atom is 0.0615 e. The largest absolute Gasteiger partial charge is 0.392 e. The van der Waals surface area contributed by atoms with Gasteiger partial charge in [0.15, 0.2) is 0 Å². The number of aliphatic hydroxyl groups excluding tert-OH is 1. The molecule has 2 aromatic carbocycles. The van der Waals surface area contributed by atoms with Crippen LogP contribution in [0.3, 0.4) is 0 Å². The first-order valence-corrected chi connectivity index (χ1v) is 8.69. The minimum atomic E-state index is 0.0933. The lowest BCUT2D eigenvalue weighted by atomic mass is 10.2. The normalized spacial score (nSPS) is 10.7. The van der Waals surface area contributed by atoms with E-state index in [1.54, 1.807) is 6.08 Å². The zero-order valence-electron chi connectivity index (χ0n) is 12.5. The Morgan fingerprint density at radius 1 is 0.773 bits per heavy atom. The summed E-state index contributed by atoms with van der Waals surface area (Å²) in [6.07, 6.45) is 8.97. The van der Waals surface area contributed by atoms with E-state index in [4.69, 9.17) is 5.11 Å². The second-order valence-electron chi connectivity index (χ2n) is 4.50. The predicted molar refractivity (Wildman–Crippen MR) is 104 cm³/mol. The number of benzene rings is 2. The van der Waals surface area contributed by atoms with Crippen LogP contribution >= 0.6 is 31.9 Å². The summed E-state index contributed by atoms with van der Waals surface area (Å²) in [5.41, 5.74) is 2.36. The molecule has 0 atom stereocenters. The van der Waals surface area contributed by atoms with Crippen LogP contribution in [-0.2, 0) is 0 Å². The van der Waals surface area contributed by atoms with Crippen LogP contribution in [0.5, 0.6) is 0 Å². The van der Waals surface area contributed by atoms with E-state index in [1.165, 1.54) is 5.56 Å². The predicted octanol–water partition coefficient (Wildman–Crippen LogP) is 6.33. The first-order chi connectivity index (χ1) is 10.7. The quantitative estimate of drug-likeness (QED) is 0.609. The number of hydrogen-bond acceptors (Lipinski definition) is 1. The summed E-state index contributed by atoms with van der Waals surface area (Å²) in [4.78, 5) is 0. The maximum atomic E-state index is 8.49. The zero-order valence-corrected chi connectivity index (χ0v) is 15.7. The van der Waals surface area contributed by atoms with E-state index < -0.39 is 0 Å². The Labute approximate surface area is 149 Å². The van der Waals surface area contributed by atoms with Gasteiger partial charge in [0.1, 0.15) is 0 Å². The molecular formula is C19H20Br2O. The third-order valence-electron chi connectivity index (χ3n) is 2.70. The molecule has 0 heterocycles. The molecule has 0 amide bonds. The summed E-state index contributed by atoms with van der Waals surface area (Å²) in [7, 11) is 0. The second kappa shape index (κ2) is 11.4. The lowest BCUT2D eigenvalue weighted by molar-refractivity contribution is 0.343. The van der Waals surface area contributed by atoms with Crippen molar-refractivity contribution < 1.29 is 5.11 Å². The average molecular weight is 424 g/mol. The molecule has 0 radical (unpaired) electrons. The van der Waals surface area contributed by atoms with Crippen molar-refractivity contribution in [2.24, 2.45) is 0 Å². The fraction of sp³-hybridized carbons (Fsp3) is 0.158. The lowest BCUT2D eigenvalue weighted by Gasteiger charge is -1.92. The number of halogens is 2. The van der Waals surface area contributed by atoms with Crippen LogP contribution in [-0.4, -0.2) is 11.7 Å². The van der Waals surface area contributed by atoms with Crippen molar-refractivity contribution in [1.82, 2.24) is 0 Å². The molecular weight excluding hydrogens is 404 g/mol. The van der Waals surface area contributed by atoms with Crippen LogP contribution in [0, 0.1) is 0 Å². The van der Waals surface area contributed by atoms with Crippen LogP contribution in [0.25, 0.3) is 12.2 Å². The number of allylic oxidation sites excluding steroid dienone is 1. The highest BCUT2D eigenvalue weighted by Gasteiger charge is 1.86. The molecule has 0 saturated carbocycles. The van der Waals surface area contributed by atoms with Crippen molar-refractivity contribution in [3.05, 3.63) is 80.8 Å². The topological polar surface area (TPSA) is 20.2 Å². The van der Waals surface area contributed by atoms with E-state index in [0.29, 0.717) is 0 Å². The van der Waals surface area contributed by atoms with E-state index in [1.807, 2.05) is 30.3 Å². The highest BCUT2D eigenvalue weighted by atomic mass is 79.9. The molecule has 2 rings (SSSR count). The van der Waals surface area contributed by atoms with Gasteiger partial charge in [0.2, 0.25) is 0 Å². The molecule has 22 heavy (non-hydrogen) atoms. The summed E-state index contributed by atoms with van der Waals surface area (Å²) < 4.78 is 2.20. The van der Waals surface area contributed by atoms with Crippen LogP contribution in [0.1, 0.15) is 24.5 Å². The molecule has 0 bridgehead atoms. The number of aliphatic hydroxyl groups is 1. The second-order valence-corrected chi connectivity index (χ2v) is 6.33. The van der Waals surface area contributed by atoms with Crippen molar-refractivity contribution in [3.63, 3.8) is 0 Å². The summed E-state index contributed by atoms with van der Waals surface area (Å²) >= 11 is 6.73. The lowest BCUT2D eigenvalue weighted by Crippen LogP contribution is -1.73. The van der Waals surface area contributed by atoms with Gasteiger partial charge in [0.25, 0.3) is 0 Å². The van der Waals surface area contributed by atoms with Crippen molar-refractivity contribution in [2.75, 3.05) is 6.61 Å². The van der Waals surface area contributed by atoms with Crippen molar-refractivity contribution in [3.8, 4) is 0 Å². The first kappa shape index (κ1) is 18.9. The third kappa shape index (κ3) is 8.32. The smallest absolute Gasteiger partial charge is 0.0615 e. The Balaban J connectivity index is 0.000000220. The highest BCUT2D eigenvalue weighted by Crippen LogP contribution is 2.12. The SMILES string of the molecule is CC/C=C/c1ccc(Br)cc1.OC/C=C/c1ccc(Br)cc1. The van der Waals surface area contributed by atoms with Gasteiger partial charge < -0.3 is 5.11 Å². The Bertz CT molecular complexity index is 528. The number of hydrogen-bond donors (Lipinski definition) is 1. The van der Waals surface area contributed by atoms with Crippen LogP contribution < -0.4 is 0 Å². The van der Waals surface area contributed by atoms with Gasteiger partial charge in [0, 0.05) is 8.95 Å². The van der Waals surface area contributed by atoms with Crippen molar-refractivity contribution in [1.29, 1.82) is 0 Å². The molecule has 0 fully saturated rings. The van der Waals surface area contributed by atoms with Crippen molar-refractivity contribution >= 4 is 44.0 Å². The molecule has 116 valence electrons. The summed E-state index contributed by atoms with van der Waals surface area (Å²) in [6.45, 7) is 2.23. The summed E-state index contributed by atoms with van der Waals surface area (Å²) in [6, 6.07) is 16.2. The van der Waals surface area contributed by atoms with E-state index in [2.05, 4.69) is 75.2 Å². The van der Waals surface area contributed by atoms with E-state index in [9.17, 15) is 0 Å². The molecule has 0 aliphatic carbocycles. The summed E-state index contributed by atoms with van der Waals surface area (Å²) in [5.74, 6) is 0. The van der Waals surface area contributed by atoms with Gasteiger partial charge in [-0.15, -0.1) is 0 Å². The van der Waals surface area contributed by atoms with Gasteiger partial charge in [0.05, 0.1) is 6.61 Å². The Kier molecular flexibility index (Phi) is 9.80. The molecule has 0 saturated heterocycles. The average Bonchev–Trinajstić information content (AvgIpc) is 2.54. The zero-order chi connectivity index (χ0) is 16.2. The Morgan fingerprint density at radius 2 is 1.18 bits per heavy atom. The molecule has 1 N–H and O–H groups in total. The van der Waals surface area contributed by atoms with E-state index >= 15 is 0 Å². The van der Waals surface area contributed by atoms with Gasteiger partial charge in [-0.25, -0.2) is 0 Å². The molecule has 0 spiro atoms. The minimum absolute atomic E-state index is 0.0933. The van der Waals surface area contributed by atoms with E-state index in [-0.39, 0.29) is 6.61 Å². The fourth-order valence-electron chi connectivity index (χ4n) is 1.59. The van der Waals surface area contributed by atoms with Gasteiger partial charge in [-0.2, -0.15) is 0 Å². The van der Waals surface area contributed by atoms with E-state index in [0.717, 1.165) is 20.9 Å². The van der Waals surface area contributed by atoms with Gasteiger partial charge in [-0.3, -0.25) is 0 Å². The van der Waals surface area contributed by atoms with Gasteiger partial charge in [-0.05, 0) is 41.8 Å². The standard InChI is InChI=1S/C10H11Br.C9H9BrO/c1-2-3-4-9-5-7-10(11)8-6-9;10-9-5-3-8(4-6-9)2-1-7-11/h3-8H,2H2,1H3;1-6,11H,7H2/b4-3+;2-1+.